The second kappa shape index (κ2) is 7.30. The Morgan fingerprint density at radius 3 is 2.68 bits per heavy atom. The van der Waals surface area contributed by atoms with Gasteiger partial charge in [0.15, 0.2) is 11.5 Å². The molecule has 0 aliphatic rings. The third kappa shape index (κ3) is 3.40. The lowest BCUT2D eigenvalue weighted by Gasteiger charge is -2.09. The number of amides is 1. The molecule has 0 fully saturated rings. The number of carbonyl (C=O) groups is 1. The molecule has 1 amide bonds. The van der Waals surface area contributed by atoms with Gasteiger partial charge in [0.25, 0.3) is 5.91 Å². The minimum Gasteiger partial charge on any atom is -0.364 e. The molecule has 0 saturated carbocycles. The summed E-state index contributed by atoms with van der Waals surface area (Å²) in [6.45, 7) is 0.434. The van der Waals surface area contributed by atoms with E-state index in [2.05, 4.69) is 15.3 Å². The number of halogens is 1. The summed E-state index contributed by atoms with van der Waals surface area (Å²) in [5.74, 6) is -0.0892. The van der Waals surface area contributed by atoms with E-state index in [-0.39, 0.29) is 5.69 Å². The maximum atomic E-state index is 11.8. The predicted octanol–water partition coefficient (Wildman–Crippen LogP) is 3.35. The van der Waals surface area contributed by atoms with Gasteiger partial charge in [-0.15, -0.1) is 0 Å². The van der Waals surface area contributed by atoms with Gasteiger partial charge in [0, 0.05) is 29.0 Å². The molecule has 2 aromatic carbocycles. The van der Waals surface area contributed by atoms with Gasteiger partial charge in [-0.1, -0.05) is 35.9 Å². The first-order valence-corrected chi connectivity index (χ1v) is 8.93. The van der Waals surface area contributed by atoms with Gasteiger partial charge < -0.3 is 16.8 Å². The summed E-state index contributed by atoms with van der Waals surface area (Å²) in [5, 5.41) is 3.87. The van der Waals surface area contributed by atoms with Gasteiger partial charge in [0.05, 0.1) is 11.9 Å². The van der Waals surface area contributed by atoms with E-state index in [0.717, 1.165) is 16.8 Å². The lowest BCUT2D eigenvalue weighted by Crippen LogP contribution is -2.16. The maximum absolute atomic E-state index is 11.8. The van der Waals surface area contributed by atoms with Crippen LogP contribution in [0.15, 0.2) is 60.9 Å². The van der Waals surface area contributed by atoms with E-state index < -0.39 is 5.91 Å². The molecular weight excluding hydrogens is 376 g/mol. The number of fused-ring (bicyclic) bond motifs is 1. The van der Waals surface area contributed by atoms with Gasteiger partial charge in [-0.2, -0.15) is 0 Å². The van der Waals surface area contributed by atoms with E-state index in [4.69, 9.17) is 23.1 Å². The number of nitrogens with one attached hydrogen (secondary N) is 1. The number of nitrogens with two attached hydrogens (primary N) is 2. The quantitative estimate of drug-likeness (QED) is 0.482. The van der Waals surface area contributed by atoms with Crippen LogP contribution in [-0.2, 0) is 6.54 Å². The van der Waals surface area contributed by atoms with Crippen molar-refractivity contribution in [1.29, 1.82) is 0 Å². The number of nitrogens with zero attached hydrogens (tertiary/aromatic N) is 3. The number of aromatic nitrogens is 3. The fourth-order valence-corrected chi connectivity index (χ4v) is 3.05. The molecule has 28 heavy (non-hydrogen) atoms. The topological polar surface area (TPSA) is 111 Å². The smallest absolute Gasteiger partial charge is 0.267 e. The molecule has 4 aromatic rings. The Hall–Kier alpha value is -3.42. The first-order valence-electron chi connectivity index (χ1n) is 8.55. The van der Waals surface area contributed by atoms with Crippen molar-refractivity contribution < 1.29 is 4.79 Å². The number of imidazole rings is 1. The van der Waals surface area contributed by atoms with Crippen LogP contribution in [0.1, 0.15) is 16.1 Å². The Kier molecular flexibility index (Phi) is 4.68. The molecule has 4 rings (SSSR count). The number of anilines is 2. The molecule has 2 heterocycles. The van der Waals surface area contributed by atoms with Gasteiger partial charge in [-0.05, 0) is 29.8 Å². The molecular formula is C20H17ClN6O. The van der Waals surface area contributed by atoms with Crippen LogP contribution in [0, 0.1) is 0 Å². The highest BCUT2D eigenvalue weighted by atomic mass is 35.5. The second-order valence-corrected chi connectivity index (χ2v) is 6.65. The zero-order chi connectivity index (χ0) is 19.7. The van der Waals surface area contributed by atoms with E-state index in [9.17, 15) is 4.79 Å². The molecule has 5 N–H and O–H groups in total. The lowest BCUT2D eigenvalue weighted by atomic mass is 10.2. The van der Waals surface area contributed by atoms with Gasteiger partial charge in [0.2, 0.25) is 0 Å². The normalized spacial score (nSPS) is 10.9. The van der Waals surface area contributed by atoms with E-state index in [1.165, 1.54) is 6.20 Å². The summed E-state index contributed by atoms with van der Waals surface area (Å²) in [6, 6.07) is 15.0. The molecule has 0 bridgehead atoms. The highest BCUT2D eigenvalue weighted by Crippen LogP contribution is 2.26. The monoisotopic (exact) mass is 392 g/mol. The molecule has 0 aliphatic carbocycles. The molecule has 2 aromatic heterocycles. The highest BCUT2D eigenvalue weighted by molar-refractivity contribution is 6.30. The standard InChI is InChI=1S/C20H17ClN6O/c21-14-6-4-13(5-7-14)16-11-27-17(18(23)28)10-24-19(20(27)26-16)25-15-3-1-2-12(8-15)9-22/h1-8,10-11H,9,22H2,(H2,23,28)(H,24,25). The number of hydrogen-bond donors (Lipinski definition) is 3. The molecule has 0 unspecified atom stereocenters. The Bertz CT molecular complexity index is 1170. The van der Waals surface area contributed by atoms with Crippen molar-refractivity contribution in [2.24, 2.45) is 11.5 Å². The molecule has 0 aliphatic heterocycles. The Balaban J connectivity index is 1.83. The van der Waals surface area contributed by atoms with Crippen LogP contribution in [0.4, 0.5) is 11.5 Å². The third-order valence-corrected chi connectivity index (χ3v) is 4.56. The fraction of sp³-hybridized carbons (Fsp3) is 0.0500. The maximum Gasteiger partial charge on any atom is 0.267 e. The van der Waals surface area contributed by atoms with Gasteiger partial charge >= 0.3 is 0 Å². The van der Waals surface area contributed by atoms with Crippen molar-refractivity contribution in [2.45, 2.75) is 6.54 Å². The number of primary amides is 1. The summed E-state index contributed by atoms with van der Waals surface area (Å²) in [5.41, 5.74) is 15.3. The molecule has 0 spiro atoms. The van der Waals surface area contributed by atoms with E-state index in [1.54, 1.807) is 22.7 Å². The Morgan fingerprint density at radius 1 is 1.18 bits per heavy atom. The van der Waals surface area contributed by atoms with Crippen LogP contribution < -0.4 is 16.8 Å². The Labute approximate surface area is 166 Å². The van der Waals surface area contributed by atoms with E-state index >= 15 is 0 Å². The zero-order valence-corrected chi connectivity index (χ0v) is 15.5. The van der Waals surface area contributed by atoms with Gasteiger partial charge in [-0.3, -0.25) is 9.20 Å². The average molecular weight is 393 g/mol. The fourth-order valence-electron chi connectivity index (χ4n) is 2.92. The van der Waals surface area contributed by atoms with Crippen LogP contribution in [0.3, 0.4) is 0 Å². The molecule has 7 nitrogen and oxygen atoms in total. The van der Waals surface area contributed by atoms with Crippen molar-refractivity contribution >= 4 is 34.7 Å². The third-order valence-electron chi connectivity index (χ3n) is 4.31. The lowest BCUT2D eigenvalue weighted by molar-refractivity contribution is 0.0994. The molecule has 0 atom stereocenters. The van der Waals surface area contributed by atoms with Crippen molar-refractivity contribution in [3.8, 4) is 11.3 Å². The summed E-state index contributed by atoms with van der Waals surface area (Å²) in [4.78, 5) is 20.8. The highest BCUT2D eigenvalue weighted by Gasteiger charge is 2.16. The predicted molar refractivity (Wildman–Crippen MR) is 110 cm³/mol. The summed E-state index contributed by atoms with van der Waals surface area (Å²) in [6.07, 6.45) is 3.18. The van der Waals surface area contributed by atoms with Gasteiger partial charge in [-0.25, -0.2) is 9.97 Å². The van der Waals surface area contributed by atoms with Crippen LogP contribution in [-0.4, -0.2) is 20.3 Å². The van der Waals surface area contributed by atoms with Crippen LogP contribution in [0.5, 0.6) is 0 Å². The first-order chi connectivity index (χ1) is 13.5. The minimum absolute atomic E-state index is 0.240. The zero-order valence-electron chi connectivity index (χ0n) is 14.8. The van der Waals surface area contributed by atoms with Crippen molar-refractivity contribution in [2.75, 3.05) is 5.32 Å². The SMILES string of the molecule is NCc1cccc(Nc2ncc(C(N)=O)n3cc(-c4ccc(Cl)cc4)nc23)c1. The first kappa shape index (κ1) is 18.0. The average Bonchev–Trinajstić information content (AvgIpc) is 3.14. The number of carbonyl (C=O) groups excluding carboxylic acids is 1. The molecule has 0 saturated heterocycles. The molecule has 0 radical (unpaired) electrons. The Morgan fingerprint density at radius 2 is 1.96 bits per heavy atom. The summed E-state index contributed by atoms with van der Waals surface area (Å²) in [7, 11) is 0. The number of hydrogen-bond acceptors (Lipinski definition) is 5. The van der Waals surface area contributed by atoms with E-state index in [1.807, 2.05) is 36.4 Å². The molecule has 8 heteroatoms. The van der Waals surface area contributed by atoms with Crippen molar-refractivity contribution in [3.63, 3.8) is 0 Å². The van der Waals surface area contributed by atoms with E-state index in [0.29, 0.717) is 28.7 Å². The largest absolute Gasteiger partial charge is 0.364 e. The molecule has 140 valence electrons. The van der Waals surface area contributed by atoms with Crippen LogP contribution in [0.25, 0.3) is 16.9 Å². The van der Waals surface area contributed by atoms with Crippen LogP contribution >= 0.6 is 11.6 Å². The number of rotatable bonds is 5. The summed E-state index contributed by atoms with van der Waals surface area (Å²) < 4.78 is 1.63. The van der Waals surface area contributed by atoms with Gasteiger partial charge in [0.1, 0.15) is 5.69 Å². The number of benzene rings is 2. The van der Waals surface area contributed by atoms with Crippen LogP contribution in [0.2, 0.25) is 5.02 Å². The van der Waals surface area contributed by atoms with Crippen molar-refractivity contribution in [3.05, 3.63) is 77.2 Å². The van der Waals surface area contributed by atoms with Crippen molar-refractivity contribution in [1.82, 2.24) is 14.4 Å². The second-order valence-electron chi connectivity index (χ2n) is 6.21. The summed E-state index contributed by atoms with van der Waals surface area (Å²) >= 11 is 5.97. The minimum atomic E-state index is -0.589.